The van der Waals surface area contributed by atoms with E-state index >= 15 is 0 Å². The fraction of sp³-hybridized carbons (Fsp3) is 0.395. The second kappa shape index (κ2) is 17.9. The summed E-state index contributed by atoms with van der Waals surface area (Å²) in [5.41, 5.74) is 16.4. The summed E-state index contributed by atoms with van der Waals surface area (Å²) in [4.78, 5) is 49.4. The molecule has 0 saturated carbocycles. The first-order valence-electron chi connectivity index (χ1n) is 17.3. The molecule has 0 radical (unpaired) electrons. The van der Waals surface area contributed by atoms with Crippen molar-refractivity contribution >= 4 is 52.0 Å². The summed E-state index contributed by atoms with van der Waals surface area (Å²) >= 11 is 8.17. The number of H-pyrrole nitrogens is 1. The van der Waals surface area contributed by atoms with Crippen molar-refractivity contribution in [3.05, 3.63) is 94.1 Å². The number of halogens is 1. The molecule has 0 fully saturated rings. The van der Waals surface area contributed by atoms with Crippen molar-refractivity contribution in [2.75, 3.05) is 20.1 Å². The van der Waals surface area contributed by atoms with Gasteiger partial charge in [0, 0.05) is 58.5 Å². The Morgan fingerprint density at radius 3 is 2.42 bits per heavy atom. The predicted octanol–water partition coefficient (Wildman–Crippen LogP) is 4.79. The van der Waals surface area contributed by atoms with Crippen LogP contribution >= 0.6 is 23.4 Å². The number of nitrogens with one attached hydrogen (secondary N) is 4. The van der Waals surface area contributed by atoms with Crippen molar-refractivity contribution in [2.24, 2.45) is 11.5 Å². The zero-order chi connectivity index (χ0) is 35.6. The molecule has 1 aliphatic rings. The number of aromatic amines is 1. The fourth-order valence-electron chi connectivity index (χ4n) is 6.45. The Hall–Kier alpha value is -3.87. The van der Waals surface area contributed by atoms with Gasteiger partial charge in [-0.15, -0.1) is 0 Å². The zero-order valence-corrected chi connectivity index (χ0v) is 30.3. The van der Waals surface area contributed by atoms with Gasteiger partial charge in [0.2, 0.25) is 17.7 Å². The molecule has 50 heavy (non-hydrogen) atoms. The molecule has 4 aromatic rings. The molecule has 2 heterocycles. The van der Waals surface area contributed by atoms with Crippen LogP contribution in [0, 0.1) is 6.92 Å². The van der Waals surface area contributed by atoms with Crippen LogP contribution in [0.15, 0.2) is 76.7 Å². The van der Waals surface area contributed by atoms with Crippen LogP contribution in [0.25, 0.3) is 10.9 Å². The van der Waals surface area contributed by atoms with Gasteiger partial charge in [0.05, 0.1) is 6.04 Å². The Morgan fingerprint density at radius 2 is 1.62 bits per heavy atom. The number of aromatic nitrogens is 1. The van der Waals surface area contributed by atoms with Gasteiger partial charge in [0.1, 0.15) is 12.1 Å². The highest BCUT2D eigenvalue weighted by Gasteiger charge is 2.34. The summed E-state index contributed by atoms with van der Waals surface area (Å²) in [6.45, 7) is 3.56. The van der Waals surface area contributed by atoms with Gasteiger partial charge in [-0.25, -0.2) is 0 Å². The highest BCUT2D eigenvalue weighted by Crippen LogP contribution is 2.37. The van der Waals surface area contributed by atoms with E-state index in [1.54, 1.807) is 18.8 Å². The number of amides is 3. The number of unbranched alkanes of at least 4 members (excludes halogenated alkanes) is 1. The highest BCUT2D eigenvalue weighted by atomic mass is 35.5. The van der Waals surface area contributed by atoms with Crippen LogP contribution in [0.4, 0.5) is 0 Å². The molecular weight excluding hydrogens is 670 g/mol. The van der Waals surface area contributed by atoms with Gasteiger partial charge in [0.25, 0.3) is 0 Å². The number of rotatable bonds is 9. The molecule has 0 saturated heterocycles. The maximum Gasteiger partial charge on any atom is 0.245 e. The number of hydrogen-bond donors (Lipinski definition) is 6. The minimum Gasteiger partial charge on any atom is -0.361 e. The lowest BCUT2D eigenvalue weighted by molar-refractivity contribution is -0.142. The summed E-state index contributed by atoms with van der Waals surface area (Å²) < 4.78 is 0. The number of benzene rings is 3. The maximum absolute atomic E-state index is 14.4. The van der Waals surface area contributed by atoms with Crippen molar-refractivity contribution in [2.45, 2.75) is 86.5 Å². The lowest BCUT2D eigenvalue weighted by Crippen LogP contribution is -2.57. The zero-order valence-electron chi connectivity index (χ0n) is 28.8. The number of likely N-dealkylation sites (N-methyl/N-ethyl adjacent to an activating group) is 1. The van der Waals surface area contributed by atoms with Crippen molar-refractivity contribution in [3.63, 3.8) is 0 Å². The van der Waals surface area contributed by atoms with E-state index in [1.807, 2.05) is 67.7 Å². The van der Waals surface area contributed by atoms with E-state index in [4.69, 9.17) is 23.1 Å². The van der Waals surface area contributed by atoms with E-state index in [0.717, 1.165) is 42.9 Å². The SMILES string of the molecule is Cc1cc(Cl)cc2c1Sc1ccccc1CN[C@@H](CCCN)C(=O)N[C@@H](CCCCN)C(=O)N(C)[C@@H](Cc1c[nH]c3ccccc13)C(=O)NC2. The van der Waals surface area contributed by atoms with Gasteiger partial charge < -0.3 is 37.3 Å². The van der Waals surface area contributed by atoms with Crippen molar-refractivity contribution in [3.8, 4) is 0 Å². The van der Waals surface area contributed by atoms with Crippen LogP contribution in [0.1, 0.15) is 54.4 Å². The van der Waals surface area contributed by atoms with E-state index in [0.29, 0.717) is 56.8 Å². The molecule has 10 nitrogen and oxygen atoms in total. The van der Waals surface area contributed by atoms with E-state index < -0.39 is 18.1 Å². The first-order valence-corrected chi connectivity index (χ1v) is 18.5. The molecule has 0 bridgehead atoms. The third kappa shape index (κ3) is 9.26. The summed E-state index contributed by atoms with van der Waals surface area (Å²) in [6.07, 6.45) is 5.03. The first-order chi connectivity index (χ1) is 24.2. The molecule has 0 unspecified atom stereocenters. The third-order valence-corrected chi connectivity index (χ3v) is 10.9. The van der Waals surface area contributed by atoms with Crippen molar-refractivity contribution < 1.29 is 14.4 Å². The molecular formula is C38H48ClN7O3S. The highest BCUT2D eigenvalue weighted by molar-refractivity contribution is 7.99. The van der Waals surface area contributed by atoms with Crippen LogP contribution in [-0.4, -0.2) is 65.9 Å². The molecule has 0 aliphatic carbocycles. The molecule has 0 spiro atoms. The Labute approximate surface area is 303 Å². The second-order valence-corrected chi connectivity index (χ2v) is 14.4. The van der Waals surface area contributed by atoms with Gasteiger partial charge in [-0.3, -0.25) is 14.4 Å². The van der Waals surface area contributed by atoms with Crippen LogP contribution in [0.3, 0.4) is 0 Å². The summed E-state index contributed by atoms with van der Waals surface area (Å²) in [6, 6.07) is 17.4. The number of hydrogen-bond acceptors (Lipinski definition) is 7. The summed E-state index contributed by atoms with van der Waals surface area (Å²) in [7, 11) is 1.64. The maximum atomic E-state index is 14.4. The van der Waals surface area contributed by atoms with Gasteiger partial charge in [-0.05, 0) is 98.6 Å². The molecule has 1 aliphatic heterocycles. The van der Waals surface area contributed by atoms with Crippen LogP contribution in [-0.2, 0) is 33.9 Å². The van der Waals surface area contributed by atoms with E-state index in [1.165, 1.54) is 4.90 Å². The van der Waals surface area contributed by atoms with Gasteiger partial charge in [-0.2, -0.15) is 0 Å². The average Bonchev–Trinajstić information content (AvgIpc) is 3.52. The molecule has 5 rings (SSSR count). The number of para-hydroxylation sites is 1. The average molecular weight is 718 g/mol. The second-order valence-electron chi connectivity index (χ2n) is 12.9. The van der Waals surface area contributed by atoms with Crippen LogP contribution < -0.4 is 27.4 Å². The molecule has 12 heteroatoms. The van der Waals surface area contributed by atoms with Gasteiger partial charge in [0.15, 0.2) is 0 Å². The molecule has 266 valence electrons. The number of fused-ring (bicyclic) bond motifs is 3. The molecule has 8 N–H and O–H groups in total. The summed E-state index contributed by atoms with van der Waals surface area (Å²) in [5.74, 6) is -0.919. The van der Waals surface area contributed by atoms with Crippen LogP contribution in [0.5, 0.6) is 0 Å². The molecule has 3 aromatic carbocycles. The number of aryl methyl sites for hydroxylation is 1. The molecule has 3 amide bonds. The predicted molar refractivity (Wildman–Crippen MR) is 201 cm³/mol. The minimum absolute atomic E-state index is 0.216. The van der Waals surface area contributed by atoms with Gasteiger partial charge >= 0.3 is 0 Å². The van der Waals surface area contributed by atoms with E-state index in [2.05, 4.69) is 27.0 Å². The normalized spacial score (nSPS) is 19.4. The minimum atomic E-state index is -0.866. The third-order valence-electron chi connectivity index (χ3n) is 9.27. The Kier molecular flexibility index (Phi) is 13.4. The quantitative estimate of drug-likeness (QED) is 0.136. The van der Waals surface area contributed by atoms with Gasteiger partial charge in [-0.1, -0.05) is 59.8 Å². The Morgan fingerprint density at radius 1 is 0.880 bits per heavy atom. The lowest BCUT2D eigenvalue weighted by Gasteiger charge is -2.32. The Bertz CT molecular complexity index is 1800. The topological polar surface area (TPSA) is 158 Å². The fourth-order valence-corrected chi connectivity index (χ4v) is 7.87. The number of nitrogens with zero attached hydrogens (tertiary/aromatic N) is 1. The monoisotopic (exact) mass is 717 g/mol. The molecule has 3 atom stereocenters. The Balaban J connectivity index is 1.57. The van der Waals surface area contributed by atoms with Crippen LogP contribution in [0.2, 0.25) is 5.02 Å². The number of carbonyl (C=O) groups excluding carboxylic acids is 3. The smallest absolute Gasteiger partial charge is 0.245 e. The van der Waals surface area contributed by atoms with Crippen molar-refractivity contribution in [1.82, 2.24) is 25.8 Å². The number of carbonyl (C=O) groups is 3. The largest absolute Gasteiger partial charge is 0.361 e. The molecule has 1 aromatic heterocycles. The summed E-state index contributed by atoms with van der Waals surface area (Å²) in [5, 5.41) is 11.2. The first kappa shape index (κ1) is 37.4. The van der Waals surface area contributed by atoms with E-state index in [9.17, 15) is 14.4 Å². The standard InChI is InChI=1S/C38H48ClN7O3S/c1-24-18-28(39)19-27-23-44-37(48)33(20-26-22-42-30-12-5-4-11-29(26)30)46(2)38(49)32(13-7-8-16-40)45-36(47)31(14-9-17-41)43-21-25-10-3-6-15-34(25)50-35(24)27/h3-6,10-12,15,18-19,22,31-33,42-43H,7-9,13-14,16-17,20-21,23,40-41H2,1-2H3,(H,44,48)(H,45,47)/t31-,32-,33-/m0/s1. The lowest BCUT2D eigenvalue weighted by atomic mass is 10.0. The number of nitrogens with two attached hydrogens (primary N) is 2. The van der Waals surface area contributed by atoms with Crippen molar-refractivity contribution in [1.29, 1.82) is 0 Å². The van der Waals surface area contributed by atoms with E-state index in [-0.39, 0.29) is 30.7 Å².